The monoisotopic (exact) mass is 335 g/mol. The molecule has 102 valence electrons. The summed E-state index contributed by atoms with van der Waals surface area (Å²) in [4.78, 5) is 20.0. The number of rotatable bonds is 2. The lowest BCUT2D eigenvalue weighted by molar-refractivity contribution is 0.0594. The fourth-order valence-electron chi connectivity index (χ4n) is 2.09. The predicted molar refractivity (Wildman–Crippen MR) is 76.1 cm³/mol. The third-order valence-corrected chi connectivity index (χ3v) is 3.83. The van der Waals surface area contributed by atoms with Crippen molar-refractivity contribution in [1.29, 1.82) is 0 Å². The zero-order valence-electron chi connectivity index (χ0n) is 10.8. The van der Waals surface area contributed by atoms with Gasteiger partial charge in [-0.1, -0.05) is 0 Å². The summed E-state index contributed by atoms with van der Waals surface area (Å²) in [6.45, 7) is 0. The quantitative estimate of drug-likeness (QED) is 0.673. The molecule has 0 aliphatic carbocycles. The van der Waals surface area contributed by atoms with Crippen molar-refractivity contribution in [2.45, 2.75) is 0 Å². The van der Waals surface area contributed by atoms with Crippen LogP contribution in [0.15, 0.2) is 29.1 Å². The van der Waals surface area contributed by atoms with E-state index in [1.165, 1.54) is 7.11 Å². The smallest absolute Gasteiger partial charge is 0.356 e. The van der Waals surface area contributed by atoms with Gasteiger partial charge >= 0.3 is 5.97 Å². The summed E-state index contributed by atoms with van der Waals surface area (Å²) in [5.41, 5.74) is 1.71. The van der Waals surface area contributed by atoms with Gasteiger partial charge in [0.1, 0.15) is 12.1 Å². The second-order valence-corrected chi connectivity index (χ2v) is 4.84. The minimum Gasteiger partial charge on any atom is -0.496 e. The molecule has 0 N–H and O–H groups in total. The van der Waals surface area contributed by atoms with E-state index in [4.69, 9.17) is 4.74 Å². The molecule has 7 heteroatoms. The van der Waals surface area contributed by atoms with Crippen molar-refractivity contribution >= 4 is 38.4 Å². The van der Waals surface area contributed by atoms with E-state index in [0.717, 1.165) is 15.4 Å². The molecule has 3 rings (SSSR count). The first-order valence-electron chi connectivity index (χ1n) is 5.74. The minimum absolute atomic E-state index is 0.238. The summed E-state index contributed by atoms with van der Waals surface area (Å²) >= 11 is 3.53. The van der Waals surface area contributed by atoms with E-state index in [0.29, 0.717) is 11.4 Å². The highest BCUT2D eigenvalue weighted by molar-refractivity contribution is 9.10. The highest BCUT2D eigenvalue weighted by Crippen LogP contribution is 2.36. The Labute approximate surface area is 122 Å². The minimum atomic E-state index is -0.482. The van der Waals surface area contributed by atoms with E-state index in [9.17, 15) is 4.79 Å². The van der Waals surface area contributed by atoms with Crippen LogP contribution in [0.5, 0.6) is 5.75 Å². The van der Waals surface area contributed by atoms with Crippen LogP contribution in [0.1, 0.15) is 10.5 Å². The summed E-state index contributed by atoms with van der Waals surface area (Å²) in [5, 5.41) is 0.832. The van der Waals surface area contributed by atoms with Gasteiger partial charge in [-0.3, -0.25) is 4.40 Å². The van der Waals surface area contributed by atoms with Crippen LogP contribution in [0.3, 0.4) is 0 Å². The molecule has 0 saturated carbocycles. The van der Waals surface area contributed by atoms with Crippen molar-refractivity contribution in [3.05, 3.63) is 34.8 Å². The van der Waals surface area contributed by atoms with Gasteiger partial charge in [0, 0.05) is 6.20 Å². The van der Waals surface area contributed by atoms with E-state index >= 15 is 0 Å². The molecule has 0 bridgehead atoms. The van der Waals surface area contributed by atoms with Crippen LogP contribution in [0, 0.1) is 0 Å². The number of hydrogen-bond acceptors (Lipinski definition) is 5. The Balaban J connectivity index is 2.39. The van der Waals surface area contributed by atoms with Gasteiger partial charge in [-0.25, -0.2) is 14.8 Å². The summed E-state index contributed by atoms with van der Waals surface area (Å²) in [6, 6.07) is 3.43. The van der Waals surface area contributed by atoms with E-state index in [2.05, 4.69) is 30.6 Å². The first-order chi connectivity index (χ1) is 9.67. The van der Waals surface area contributed by atoms with Crippen LogP contribution < -0.4 is 4.74 Å². The number of pyridine rings is 1. The van der Waals surface area contributed by atoms with E-state index in [-0.39, 0.29) is 5.69 Å². The number of methoxy groups -OCH3 is 2. The van der Waals surface area contributed by atoms with Gasteiger partial charge in [-0.2, -0.15) is 0 Å². The summed E-state index contributed by atoms with van der Waals surface area (Å²) < 4.78 is 12.6. The van der Waals surface area contributed by atoms with E-state index < -0.39 is 5.97 Å². The number of carbonyl (C=O) groups excluding carboxylic acids is 1. The first kappa shape index (κ1) is 12.9. The van der Waals surface area contributed by atoms with Crippen molar-refractivity contribution in [3.63, 3.8) is 0 Å². The number of hydrogen-bond donors (Lipinski definition) is 0. The lowest BCUT2D eigenvalue weighted by Gasteiger charge is -2.01. The topological polar surface area (TPSA) is 65.7 Å². The Morgan fingerprint density at radius 3 is 2.85 bits per heavy atom. The van der Waals surface area contributed by atoms with Crippen molar-refractivity contribution < 1.29 is 14.3 Å². The molecule has 3 heterocycles. The molecule has 6 nitrogen and oxygen atoms in total. The van der Waals surface area contributed by atoms with Crippen molar-refractivity contribution in [3.8, 4) is 5.75 Å². The largest absolute Gasteiger partial charge is 0.496 e. The molecule has 0 aromatic carbocycles. The molecule has 0 unspecified atom stereocenters. The second-order valence-electron chi connectivity index (χ2n) is 4.05. The van der Waals surface area contributed by atoms with Gasteiger partial charge in [-0.15, -0.1) is 0 Å². The fourth-order valence-corrected chi connectivity index (χ4v) is 2.77. The third kappa shape index (κ3) is 1.74. The molecule has 0 radical (unpaired) electrons. The van der Waals surface area contributed by atoms with Gasteiger partial charge in [0.25, 0.3) is 0 Å². The molecule has 0 atom stereocenters. The number of fused-ring (bicyclic) bond motifs is 3. The fraction of sp³-hybridized carbons (Fsp3) is 0.154. The Bertz CT molecular complexity index is 828. The van der Waals surface area contributed by atoms with Crippen molar-refractivity contribution in [1.82, 2.24) is 14.4 Å². The maximum absolute atomic E-state index is 11.6. The number of aromatic nitrogens is 3. The Morgan fingerprint density at radius 1 is 1.35 bits per heavy atom. The molecule has 20 heavy (non-hydrogen) atoms. The van der Waals surface area contributed by atoms with Crippen LogP contribution in [0.25, 0.3) is 16.6 Å². The summed E-state index contributed by atoms with van der Waals surface area (Å²) in [6.07, 6.45) is 3.20. The molecular formula is C13H10BrN3O3. The molecule has 0 amide bonds. The second kappa shape index (κ2) is 4.75. The molecule has 0 fully saturated rings. The van der Waals surface area contributed by atoms with Crippen LogP contribution >= 0.6 is 15.9 Å². The van der Waals surface area contributed by atoms with Crippen LogP contribution in [-0.2, 0) is 4.74 Å². The van der Waals surface area contributed by atoms with E-state index in [1.54, 1.807) is 36.2 Å². The Hall–Kier alpha value is -2.15. The molecular weight excluding hydrogens is 326 g/mol. The predicted octanol–water partition coefficient (Wildman–Crippen LogP) is 2.44. The van der Waals surface area contributed by atoms with Gasteiger partial charge in [0.15, 0.2) is 11.3 Å². The number of nitrogens with zero attached hydrogens (tertiary/aromatic N) is 3. The van der Waals surface area contributed by atoms with E-state index in [1.807, 2.05) is 0 Å². The van der Waals surface area contributed by atoms with Crippen molar-refractivity contribution in [2.75, 3.05) is 14.2 Å². The highest BCUT2D eigenvalue weighted by atomic mass is 79.9. The normalized spacial score (nSPS) is 10.9. The van der Waals surface area contributed by atoms with Gasteiger partial charge < -0.3 is 9.47 Å². The highest BCUT2D eigenvalue weighted by Gasteiger charge is 2.17. The van der Waals surface area contributed by atoms with Crippen LogP contribution in [0.2, 0.25) is 0 Å². The molecule has 0 aliphatic rings. The van der Waals surface area contributed by atoms with Gasteiger partial charge in [0.2, 0.25) is 0 Å². The number of ether oxygens (including phenoxy) is 2. The summed E-state index contributed by atoms with van der Waals surface area (Å²) in [7, 11) is 2.92. The molecule has 0 saturated heterocycles. The van der Waals surface area contributed by atoms with Crippen LogP contribution in [-0.4, -0.2) is 34.6 Å². The first-order valence-corrected chi connectivity index (χ1v) is 6.53. The standard InChI is InChI=1S/C13H10BrN3O3/c1-19-9-3-4-15-12-10(9)11(14)8-5-7(13(18)20-2)16-6-17(8)12/h3-6H,1-2H3. The molecule has 0 spiro atoms. The average Bonchev–Trinajstić information content (AvgIpc) is 2.79. The zero-order valence-corrected chi connectivity index (χ0v) is 12.3. The molecule has 3 aromatic rings. The molecule has 3 aromatic heterocycles. The lowest BCUT2D eigenvalue weighted by Crippen LogP contribution is -2.05. The number of carbonyl (C=O) groups is 1. The average molecular weight is 336 g/mol. The number of halogens is 1. The maximum Gasteiger partial charge on any atom is 0.356 e. The Kier molecular flexibility index (Phi) is 3.06. The number of esters is 1. The lowest BCUT2D eigenvalue weighted by atomic mass is 10.3. The maximum atomic E-state index is 11.6. The SMILES string of the molecule is COC(=O)c1cc2c(Br)c3c(OC)ccnc3n2cn1. The Morgan fingerprint density at radius 2 is 2.15 bits per heavy atom. The third-order valence-electron chi connectivity index (χ3n) is 3.03. The van der Waals surface area contributed by atoms with Gasteiger partial charge in [0.05, 0.1) is 29.6 Å². The van der Waals surface area contributed by atoms with Crippen LogP contribution in [0.4, 0.5) is 0 Å². The molecule has 0 aliphatic heterocycles. The zero-order chi connectivity index (χ0) is 14.3. The summed E-state index contributed by atoms with van der Waals surface area (Å²) in [5.74, 6) is 0.217. The van der Waals surface area contributed by atoms with Gasteiger partial charge in [-0.05, 0) is 28.1 Å². The van der Waals surface area contributed by atoms with Crippen molar-refractivity contribution in [2.24, 2.45) is 0 Å².